The molecule has 0 bridgehead atoms. The monoisotopic (exact) mass is 320 g/mol. The molecule has 0 aliphatic carbocycles. The number of aliphatic hydroxyl groups is 1. The van der Waals surface area contributed by atoms with E-state index in [-0.39, 0.29) is 12.0 Å². The molecule has 2 aromatic heterocycles. The van der Waals surface area contributed by atoms with Crippen molar-refractivity contribution in [1.82, 2.24) is 9.88 Å². The molecule has 2 aromatic rings. The molecule has 3 heterocycles. The summed E-state index contributed by atoms with van der Waals surface area (Å²) in [5.41, 5.74) is 1.41. The summed E-state index contributed by atoms with van der Waals surface area (Å²) < 4.78 is 7.83. The van der Waals surface area contributed by atoms with Gasteiger partial charge >= 0.3 is 0 Å². The molecule has 0 saturated carbocycles. The zero-order chi connectivity index (χ0) is 15.3. The standard InChI is InChI=1S/C17H24N2O2S/c20-8-5-17(6-9-21-14-17)13-18-11-15-3-1-7-19(15)12-16-4-2-10-22-16/h1-4,7,10,18,20H,5-6,8-9,11-14H2. The van der Waals surface area contributed by atoms with Gasteiger partial charge in [0.05, 0.1) is 13.2 Å². The number of nitrogens with one attached hydrogen (secondary N) is 1. The van der Waals surface area contributed by atoms with Crippen LogP contribution in [0.3, 0.4) is 0 Å². The van der Waals surface area contributed by atoms with Crippen molar-refractivity contribution in [2.75, 3.05) is 26.4 Å². The summed E-state index contributed by atoms with van der Waals surface area (Å²) in [6.45, 7) is 4.50. The number of ether oxygens (including phenoxy) is 1. The second kappa shape index (κ2) is 7.42. The fraction of sp³-hybridized carbons (Fsp3) is 0.529. The SMILES string of the molecule is OCCC1(CNCc2cccn2Cc2cccs2)CCOC1. The maximum absolute atomic E-state index is 9.28. The van der Waals surface area contributed by atoms with Gasteiger partial charge in [0.25, 0.3) is 0 Å². The molecule has 4 nitrogen and oxygen atoms in total. The number of aromatic nitrogens is 1. The molecule has 5 heteroatoms. The highest BCUT2D eigenvalue weighted by Crippen LogP contribution is 2.31. The van der Waals surface area contributed by atoms with Crippen molar-refractivity contribution in [3.63, 3.8) is 0 Å². The summed E-state index contributed by atoms with van der Waals surface area (Å²) in [5.74, 6) is 0. The highest BCUT2D eigenvalue weighted by Gasteiger charge is 2.33. The zero-order valence-corrected chi connectivity index (χ0v) is 13.6. The second-order valence-electron chi connectivity index (χ2n) is 6.09. The number of hydrogen-bond acceptors (Lipinski definition) is 4. The first kappa shape index (κ1) is 15.7. The molecule has 120 valence electrons. The average Bonchev–Trinajstić information content (AvgIpc) is 3.24. The quantitative estimate of drug-likeness (QED) is 0.785. The Morgan fingerprint density at radius 1 is 1.36 bits per heavy atom. The van der Waals surface area contributed by atoms with Gasteiger partial charge in [0.2, 0.25) is 0 Å². The van der Waals surface area contributed by atoms with Crippen molar-refractivity contribution >= 4 is 11.3 Å². The minimum Gasteiger partial charge on any atom is -0.396 e. The molecule has 1 aliphatic heterocycles. The van der Waals surface area contributed by atoms with Crippen molar-refractivity contribution in [3.8, 4) is 0 Å². The van der Waals surface area contributed by atoms with Crippen LogP contribution in [0.4, 0.5) is 0 Å². The van der Waals surface area contributed by atoms with Crippen LogP contribution in [-0.2, 0) is 17.8 Å². The molecule has 3 rings (SSSR count). The van der Waals surface area contributed by atoms with Gasteiger partial charge in [-0.25, -0.2) is 0 Å². The second-order valence-corrected chi connectivity index (χ2v) is 7.12. The number of hydrogen-bond donors (Lipinski definition) is 2. The van der Waals surface area contributed by atoms with Crippen LogP contribution < -0.4 is 5.32 Å². The third-order valence-corrected chi connectivity index (χ3v) is 5.32. The van der Waals surface area contributed by atoms with Crippen LogP contribution in [0.15, 0.2) is 35.8 Å². The number of aliphatic hydroxyl groups excluding tert-OH is 1. The fourth-order valence-electron chi connectivity index (χ4n) is 3.10. The summed E-state index contributed by atoms with van der Waals surface area (Å²) in [4.78, 5) is 1.37. The molecule has 1 atom stereocenters. The molecule has 1 fully saturated rings. The van der Waals surface area contributed by atoms with E-state index >= 15 is 0 Å². The lowest BCUT2D eigenvalue weighted by molar-refractivity contribution is 0.124. The predicted octanol–water partition coefficient (Wildman–Crippen LogP) is 2.48. The third-order valence-electron chi connectivity index (χ3n) is 4.46. The Bertz CT molecular complexity index is 559. The molecule has 1 unspecified atom stereocenters. The van der Waals surface area contributed by atoms with Gasteiger partial charge in [-0.3, -0.25) is 0 Å². The molecule has 1 saturated heterocycles. The first-order valence-electron chi connectivity index (χ1n) is 7.87. The minimum atomic E-state index is 0.111. The van der Waals surface area contributed by atoms with E-state index in [4.69, 9.17) is 4.74 Å². The highest BCUT2D eigenvalue weighted by atomic mass is 32.1. The van der Waals surface area contributed by atoms with Gasteiger partial charge in [-0.15, -0.1) is 11.3 Å². The largest absolute Gasteiger partial charge is 0.396 e. The topological polar surface area (TPSA) is 46.4 Å². The molecule has 0 amide bonds. The number of nitrogens with zero attached hydrogens (tertiary/aromatic N) is 1. The van der Waals surface area contributed by atoms with E-state index in [1.165, 1.54) is 10.6 Å². The Balaban J connectivity index is 1.54. The molecule has 2 N–H and O–H groups in total. The Kier molecular flexibility index (Phi) is 5.31. The van der Waals surface area contributed by atoms with E-state index in [9.17, 15) is 5.11 Å². The Labute approximate surface area is 135 Å². The Morgan fingerprint density at radius 3 is 3.05 bits per heavy atom. The van der Waals surface area contributed by atoms with Crippen LogP contribution >= 0.6 is 11.3 Å². The lowest BCUT2D eigenvalue weighted by atomic mass is 9.84. The summed E-state index contributed by atoms with van der Waals surface area (Å²) in [6.07, 6.45) is 3.99. The molecule has 0 spiro atoms. The van der Waals surface area contributed by atoms with Crippen molar-refractivity contribution in [2.24, 2.45) is 5.41 Å². The van der Waals surface area contributed by atoms with Gasteiger partial charge in [0.15, 0.2) is 0 Å². The van der Waals surface area contributed by atoms with E-state index in [1.807, 2.05) is 0 Å². The van der Waals surface area contributed by atoms with Gasteiger partial charge in [0.1, 0.15) is 0 Å². The van der Waals surface area contributed by atoms with Gasteiger partial charge in [-0.1, -0.05) is 6.07 Å². The van der Waals surface area contributed by atoms with E-state index in [0.29, 0.717) is 0 Å². The zero-order valence-electron chi connectivity index (χ0n) is 12.8. The number of rotatable bonds is 8. The molecular weight excluding hydrogens is 296 g/mol. The molecule has 22 heavy (non-hydrogen) atoms. The van der Waals surface area contributed by atoms with Crippen LogP contribution in [0.5, 0.6) is 0 Å². The van der Waals surface area contributed by atoms with Gasteiger partial charge in [-0.05, 0) is 36.4 Å². The highest BCUT2D eigenvalue weighted by molar-refractivity contribution is 7.09. The smallest absolute Gasteiger partial charge is 0.0566 e. The predicted molar refractivity (Wildman–Crippen MR) is 89.1 cm³/mol. The maximum Gasteiger partial charge on any atom is 0.0566 e. The van der Waals surface area contributed by atoms with E-state index in [2.05, 4.69) is 45.7 Å². The van der Waals surface area contributed by atoms with Crippen molar-refractivity contribution in [2.45, 2.75) is 25.9 Å². The molecule has 0 radical (unpaired) electrons. The van der Waals surface area contributed by atoms with Gasteiger partial charge in [-0.2, -0.15) is 0 Å². The molecule has 1 aliphatic rings. The lowest BCUT2D eigenvalue weighted by Crippen LogP contribution is -2.35. The van der Waals surface area contributed by atoms with Crippen LogP contribution in [0.25, 0.3) is 0 Å². The van der Waals surface area contributed by atoms with Crippen molar-refractivity contribution < 1.29 is 9.84 Å². The Morgan fingerprint density at radius 2 is 2.32 bits per heavy atom. The average molecular weight is 320 g/mol. The van der Waals surface area contributed by atoms with E-state index < -0.39 is 0 Å². The van der Waals surface area contributed by atoms with E-state index in [0.717, 1.165) is 45.7 Å². The van der Waals surface area contributed by atoms with Crippen LogP contribution in [0, 0.1) is 5.41 Å². The van der Waals surface area contributed by atoms with Crippen molar-refractivity contribution in [1.29, 1.82) is 0 Å². The lowest BCUT2D eigenvalue weighted by Gasteiger charge is -2.27. The van der Waals surface area contributed by atoms with E-state index in [1.54, 1.807) is 11.3 Å². The minimum absolute atomic E-state index is 0.111. The summed E-state index contributed by atoms with van der Waals surface area (Å²) in [5, 5.41) is 15.0. The van der Waals surface area contributed by atoms with Crippen molar-refractivity contribution in [3.05, 3.63) is 46.4 Å². The third kappa shape index (κ3) is 3.79. The van der Waals surface area contributed by atoms with Gasteiger partial charge < -0.3 is 19.7 Å². The maximum atomic E-state index is 9.28. The van der Waals surface area contributed by atoms with Crippen LogP contribution in [0.1, 0.15) is 23.4 Å². The summed E-state index contributed by atoms with van der Waals surface area (Å²) in [7, 11) is 0. The van der Waals surface area contributed by atoms with Crippen LogP contribution in [0.2, 0.25) is 0 Å². The van der Waals surface area contributed by atoms with Gasteiger partial charge in [0, 0.05) is 48.5 Å². The van der Waals surface area contributed by atoms with Crippen LogP contribution in [-0.4, -0.2) is 36.0 Å². The summed E-state index contributed by atoms with van der Waals surface area (Å²) >= 11 is 1.79. The first-order valence-corrected chi connectivity index (χ1v) is 8.75. The number of thiophene rings is 1. The fourth-order valence-corrected chi connectivity index (χ4v) is 3.80. The molecular formula is C17H24N2O2S. The first-order chi connectivity index (χ1) is 10.8. The summed E-state index contributed by atoms with van der Waals surface area (Å²) in [6, 6.07) is 8.55. The Hall–Kier alpha value is -1.14. The normalized spacial score (nSPS) is 21.5. The molecule has 0 aromatic carbocycles.